The van der Waals surface area contributed by atoms with Crippen LogP contribution >= 0.6 is 15.9 Å². The Hall–Kier alpha value is -0.750. The van der Waals surface area contributed by atoms with Gasteiger partial charge in [-0.05, 0) is 31.5 Å². The summed E-state index contributed by atoms with van der Waals surface area (Å²) >= 11 is 3.24. The van der Waals surface area contributed by atoms with E-state index in [1.807, 2.05) is 0 Å². The van der Waals surface area contributed by atoms with Gasteiger partial charge in [-0.2, -0.15) is 13.2 Å². The summed E-state index contributed by atoms with van der Waals surface area (Å²) in [6.45, 7) is 2.27. The van der Waals surface area contributed by atoms with Gasteiger partial charge in [0.15, 0.2) is 0 Å². The van der Waals surface area contributed by atoms with Gasteiger partial charge in [-0.15, -0.1) is 0 Å². The Morgan fingerprint density at radius 2 is 1.94 bits per heavy atom. The van der Waals surface area contributed by atoms with Gasteiger partial charge in [0.25, 0.3) is 0 Å². The maximum Gasteiger partial charge on any atom is 0.405 e. The Morgan fingerprint density at radius 3 is 2.33 bits per heavy atom. The predicted octanol–water partition coefficient (Wildman–Crippen LogP) is 3.72. The summed E-state index contributed by atoms with van der Waals surface area (Å²) in [5.41, 5.74) is 1.13. The van der Waals surface area contributed by atoms with Crippen LogP contribution in [0.25, 0.3) is 0 Å². The van der Waals surface area contributed by atoms with Crippen LogP contribution in [0.15, 0.2) is 22.7 Å². The molecule has 1 N–H and O–H groups in total. The fourth-order valence-corrected chi connectivity index (χ4v) is 2.10. The standard InChI is InChI=1S/C12H15BrF3NO/c1-8(2)17(7-12(14,15)16)10-4-3-9(6-18)11(13)5-10/h3-5,8,18H,6-7H2,1-2H3. The maximum atomic E-state index is 12.5. The van der Waals surface area contributed by atoms with Crippen molar-refractivity contribution in [3.63, 3.8) is 0 Å². The molecule has 0 unspecified atom stereocenters. The Kier molecular flexibility index (Phi) is 5.04. The van der Waals surface area contributed by atoms with Crippen molar-refractivity contribution in [1.82, 2.24) is 0 Å². The molecule has 0 aliphatic heterocycles. The quantitative estimate of drug-likeness (QED) is 0.912. The van der Waals surface area contributed by atoms with Crippen LogP contribution in [0.4, 0.5) is 18.9 Å². The van der Waals surface area contributed by atoms with Gasteiger partial charge in [0.05, 0.1) is 6.61 Å². The number of benzene rings is 1. The lowest BCUT2D eigenvalue weighted by Gasteiger charge is -2.30. The van der Waals surface area contributed by atoms with Crippen LogP contribution in [0, 0.1) is 0 Å². The lowest BCUT2D eigenvalue weighted by atomic mass is 10.2. The summed E-state index contributed by atoms with van der Waals surface area (Å²) in [7, 11) is 0. The van der Waals surface area contributed by atoms with Crippen LogP contribution < -0.4 is 4.90 Å². The molecular weight excluding hydrogens is 311 g/mol. The summed E-state index contributed by atoms with van der Waals surface area (Å²) in [5, 5.41) is 9.02. The summed E-state index contributed by atoms with van der Waals surface area (Å²) in [6.07, 6.45) is -4.24. The number of hydrogen-bond acceptors (Lipinski definition) is 2. The highest BCUT2D eigenvalue weighted by Crippen LogP contribution is 2.28. The van der Waals surface area contributed by atoms with E-state index in [-0.39, 0.29) is 12.6 Å². The third kappa shape index (κ3) is 4.17. The van der Waals surface area contributed by atoms with E-state index in [0.717, 1.165) is 0 Å². The van der Waals surface area contributed by atoms with Gasteiger partial charge in [0.1, 0.15) is 6.54 Å². The van der Waals surface area contributed by atoms with E-state index in [1.54, 1.807) is 32.0 Å². The maximum absolute atomic E-state index is 12.5. The Bertz CT molecular complexity index is 407. The summed E-state index contributed by atoms with van der Waals surface area (Å²) in [6, 6.07) is 4.53. The van der Waals surface area contributed by atoms with Crippen molar-refractivity contribution in [2.24, 2.45) is 0 Å². The molecule has 2 nitrogen and oxygen atoms in total. The minimum atomic E-state index is -4.24. The van der Waals surface area contributed by atoms with Crippen molar-refractivity contribution in [2.75, 3.05) is 11.4 Å². The number of alkyl halides is 3. The van der Waals surface area contributed by atoms with E-state index >= 15 is 0 Å². The first-order valence-electron chi connectivity index (χ1n) is 5.47. The molecule has 0 aliphatic rings. The van der Waals surface area contributed by atoms with Crippen LogP contribution in [-0.4, -0.2) is 23.9 Å². The van der Waals surface area contributed by atoms with Crippen molar-refractivity contribution in [1.29, 1.82) is 0 Å². The van der Waals surface area contributed by atoms with Crippen molar-refractivity contribution in [3.8, 4) is 0 Å². The molecule has 0 saturated heterocycles. The summed E-state index contributed by atoms with van der Waals surface area (Å²) in [4.78, 5) is 1.27. The minimum absolute atomic E-state index is 0.151. The zero-order valence-electron chi connectivity index (χ0n) is 10.1. The highest BCUT2D eigenvalue weighted by atomic mass is 79.9. The van der Waals surface area contributed by atoms with Crippen LogP contribution in [0.5, 0.6) is 0 Å². The molecule has 0 aliphatic carbocycles. The van der Waals surface area contributed by atoms with Gasteiger partial charge >= 0.3 is 6.18 Å². The molecule has 0 amide bonds. The largest absolute Gasteiger partial charge is 0.405 e. The second-order valence-corrected chi connectivity index (χ2v) is 5.12. The smallest absolute Gasteiger partial charge is 0.392 e. The molecule has 1 aromatic carbocycles. The lowest BCUT2D eigenvalue weighted by Crippen LogP contribution is -2.39. The molecule has 0 radical (unpaired) electrons. The molecule has 0 spiro atoms. The van der Waals surface area contributed by atoms with E-state index < -0.39 is 12.7 Å². The number of aliphatic hydroxyl groups excluding tert-OH is 1. The van der Waals surface area contributed by atoms with Crippen molar-refractivity contribution in [3.05, 3.63) is 28.2 Å². The molecule has 1 rings (SSSR count). The Balaban J connectivity index is 3.03. The highest BCUT2D eigenvalue weighted by molar-refractivity contribution is 9.10. The summed E-state index contributed by atoms with van der Waals surface area (Å²) < 4.78 is 38.1. The third-order valence-electron chi connectivity index (χ3n) is 2.51. The van der Waals surface area contributed by atoms with Crippen LogP contribution in [-0.2, 0) is 6.61 Å². The van der Waals surface area contributed by atoms with Crippen LogP contribution in [0.1, 0.15) is 19.4 Å². The predicted molar refractivity (Wildman–Crippen MR) is 68.6 cm³/mol. The number of hydrogen-bond donors (Lipinski definition) is 1. The Morgan fingerprint density at radius 1 is 1.33 bits per heavy atom. The molecule has 0 heterocycles. The van der Waals surface area contributed by atoms with E-state index in [1.165, 1.54) is 4.90 Å². The molecule has 0 bridgehead atoms. The average molecular weight is 326 g/mol. The molecule has 0 saturated carbocycles. The first-order chi connectivity index (χ1) is 8.24. The minimum Gasteiger partial charge on any atom is -0.392 e. The summed E-state index contributed by atoms with van der Waals surface area (Å²) in [5.74, 6) is 0. The van der Waals surface area contributed by atoms with Crippen molar-refractivity contribution >= 4 is 21.6 Å². The molecular formula is C12H15BrF3NO. The zero-order chi connectivity index (χ0) is 13.9. The van der Waals surface area contributed by atoms with Crippen molar-refractivity contribution in [2.45, 2.75) is 32.7 Å². The average Bonchev–Trinajstić information content (AvgIpc) is 2.24. The van der Waals surface area contributed by atoms with E-state index in [2.05, 4.69) is 15.9 Å². The molecule has 18 heavy (non-hydrogen) atoms. The van der Waals surface area contributed by atoms with E-state index in [0.29, 0.717) is 15.7 Å². The highest BCUT2D eigenvalue weighted by Gasteiger charge is 2.32. The lowest BCUT2D eigenvalue weighted by molar-refractivity contribution is -0.120. The molecule has 0 fully saturated rings. The van der Waals surface area contributed by atoms with Gasteiger partial charge in [-0.1, -0.05) is 22.0 Å². The van der Waals surface area contributed by atoms with Crippen molar-refractivity contribution < 1.29 is 18.3 Å². The molecule has 0 aromatic heterocycles. The van der Waals surface area contributed by atoms with E-state index in [4.69, 9.17) is 5.11 Å². The number of anilines is 1. The fraction of sp³-hybridized carbons (Fsp3) is 0.500. The van der Waals surface area contributed by atoms with E-state index in [9.17, 15) is 13.2 Å². The SMILES string of the molecule is CC(C)N(CC(F)(F)F)c1ccc(CO)c(Br)c1. The zero-order valence-corrected chi connectivity index (χ0v) is 11.7. The second-order valence-electron chi connectivity index (χ2n) is 4.27. The number of nitrogens with zero attached hydrogens (tertiary/aromatic N) is 1. The Labute approximate surface area is 113 Å². The fourth-order valence-electron chi connectivity index (χ4n) is 1.61. The number of halogens is 4. The first kappa shape index (κ1) is 15.3. The first-order valence-corrected chi connectivity index (χ1v) is 6.26. The molecule has 6 heteroatoms. The topological polar surface area (TPSA) is 23.5 Å². The normalized spacial score (nSPS) is 12.0. The van der Waals surface area contributed by atoms with Gasteiger partial charge in [0, 0.05) is 16.2 Å². The third-order valence-corrected chi connectivity index (χ3v) is 3.25. The molecule has 1 aromatic rings. The monoisotopic (exact) mass is 325 g/mol. The molecule has 0 atom stereocenters. The van der Waals surface area contributed by atoms with Gasteiger partial charge in [-0.25, -0.2) is 0 Å². The molecule has 102 valence electrons. The van der Waals surface area contributed by atoms with Crippen LogP contribution in [0.3, 0.4) is 0 Å². The van der Waals surface area contributed by atoms with Crippen LogP contribution in [0.2, 0.25) is 0 Å². The van der Waals surface area contributed by atoms with Gasteiger partial charge in [0.2, 0.25) is 0 Å². The number of aliphatic hydroxyl groups is 1. The van der Waals surface area contributed by atoms with Gasteiger partial charge < -0.3 is 10.0 Å². The number of rotatable bonds is 4. The second kappa shape index (κ2) is 5.93. The van der Waals surface area contributed by atoms with Gasteiger partial charge in [-0.3, -0.25) is 0 Å².